The lowest BCUT2D eigenvalue weighted by atomic mass is 10.0. The minimum atomic E-state index is -1.04. The van der Waals surface area contributed by atoms with Gasteiger partial charge in [0.2, 0.25) is 17.7 Å². The van der Waals surface area contributed by atoms with E-state index in [2.05, 4.69) is 10.6 Å². The minimum Gasteiger partial charge on any atom is -0.480 e. The van der Waals surface area contributed by atoms with Crippen LogP contribution in [-0.2, 0) is 19.2 Å². The Kier molecular flexibility index (Phi) is 10.5. The second kappa shape index (κ2) is 12.0. The fourth-order valence-corrected chi connectivity index (χ4v) is 3.75. The van der Waals surface area contributed by atoms with Crippen LogP contribution in [0.2, 0.25) is 0 Å². The molecule has 4 atom stereocenters. The van der Waals surface area contributed by atoms with Crippen molar-refractivity contribution in [2.24, 2.45) is 11.7 Å². The number of carboxylic acid groups (broad SMARTS) is 1. The van der Waals surface area contributed by atoms with E-state index >= 15 is 0 Å². The average Bonchev–Trinajstić information content (AvgIpc) is 3.13. The van der Waals surface area contributed by atoms with Crippen LogP contribution in [-0.4, -0.2) is 76.4 Å². The molecule has 0 aromatic rings. The Bertz CT molecular complexity index is 601. The van der Waals surface area contributed by atoms with Crippen LogP contribution in [0.15, 0.2) is 0 Å². The lowest BCUT2D eigenvalue weighted by Crippen LogP contribution is -2.56. The molecule has 0 spiro atoms. The standard InChI is InChI=1S/C19H34N4O5S/c1-11(2)10-13(20)17(25)21-12(3)16(24)22-14(7-9-29-4)18(26)23-8-5-6-15(23)19(27)28/h11-15H,5-10,20H2,1-4H3,(H,21,25)(H,22,24)(H,27,28). The maximum atomic E-state index is 12.9. The molecule has 1 rings (SSSR count). The van der Waals surface area contributed by atoms with Crippen LogP contribution >= 0.6 is 11.8 Å². The van der Waals surface area contributed by atoms with Gasteiger partial charge in [-0.2, -0.15) is 11.8 Å². The number of nitrogens with two attached hydrogens (primary N) is 1. The van der Waals surface area contributed by atoms with Crippen molar-refractivity contribution in [1.82, 2.24) is 15.5 Å². The third-order valence-corrected chi connectivity index (χ3v) is 5.50. The number of nitrogens with zero attached hydrogens (tertiary/aromatic N) is 1. The number of carbonyl (C=O) groups excluding carboxylic acids is 3. The summed E-state index contributed by atoms with van der Waals surface area (Å²) in [5.41, 5.74) is 5.85. The zero-order chi connectivity index (χ0) is 22.1. The summed E-state index contributed by atoms with van der Waals surface area (Å²) >= 11 is 1.53. The Morgan fingerprint density at radius 3 is 2.38 bits per heavy atom. The van der Waals surface area contributed by atoms with Gasteiger partial charge in [0.15, 0.2) is 0 Å². The van der Waals surface area contributed by atoms with Crippen LogP contribution in [0.25, 0.3) is 0 Å². The maximum Gasteiger partial charge on any atom is 0.326 e. The monoisotopic (exact) mass is 430 g/mol. The summed E-state index contributed by atoms with van der Waals surface area (Å²) in [4.78, 5) is 50.4. The van der Waals surface area contributed by atoms with Gasteiger partial charge in [-0.05, 0) is 50.5 Å². The highest BCUT2D eigenvalue weighted by molar-refractivity contribution is 7.98. The summed E-state index contributed by atoms with van der Waals surface area (Å²) in [6.45, 7) is 5.79. The number of rotatable bonds is 11. The summed E-state index contributed by atoms with van der Waals surface area (Å²) in [6, 6.07) is -3.26. The number of nitrogens with one attached hydrogen (secondary N) is 2. The van der Waals surface area contributed by atoms with Gasteiger partial charge in [-0.3, -0.25) is 14.4 Å². The zero-order valence-electron chi connectivity index (χ0n) is 17.6. The Morgan fingerprint density at radius 2 is 1.83 bits per heavy atom. The predicted octanol–water partition coefficient (Wildman–Crippen LogP) is 0.178. The summed E-state index contributed by atoms with van der Waals surface area (Å²) in [5.74, 6) is -1.48. The fraction of sp³-hybridized carbons (Fsp3) is 0.789. The van der Waals surface area contributed by atoms with Gasteiger partial charge in [0, 0.05) is 6.54 Å². The number of amides is 3. The maximum absolute atomic E-state index is 12.9. The molecular formula is C19H34N4O5S. The molecule has 5 N–H and O–H groups in total. The van der Waals surface area contributed by atoms with Gasteiger partial charge in [0.05, 0.1) is 6.04 Å². The van der Waals surface area contributed by atoms with E-state index in [1.54, 1.807) is 0 Å². The van der Waals surface area contributed by atoms with E-state index in [4.69, 9.17) is 5.73 Å². The molecular weight excluding hydrogens is 396 g/mol. The number of carboxylic acids is 1. The molecule has 166 valence electrons. The van der Waals surface area contributed by atoms with Crippen LogP contribution < -0.4 is 16.4 Å². The Labute approximate surface area is 176 Å². The number of aliphatic carboxylic acids is 1. The molecule has 0 saturated carbocycles. The Hall–Kier alpha value is -1.81. The van der Waals surface area contributed by atoms with Crippen molar-refractivity contribution in [3.05, 3.63) is 0 Å². The first-order chi connectivity index (χ1) is 13.6. The van der Waals surface area contributed by atoms with E-state index in [0.717, 1.165) is 0 Å². The van der Waals surface area contributed by atoms with Crippen molar-refractivity contribution < 1.29 is 24.3 Å². The van der Waals surface area contributed by atoms with Gasteiger partial charge in [0.1, 0.15) is 18.1 Å². The summed E-state index contributed by atoms with van der Waals surface area (Å²) < 4.78 is 0. The molecule has 0 aliphatic carbocycles. The van der Waals surface area contributed by atoms with Crippen molar-refractivity contribution in [2.45, 2.75) is 70.6 Å². The second-order valence-corrected chi connectivity index (χ2v) is 8.82. The van der Waals surface area contributed by atoms with E-state index in [-0.39, 0.29) is 5.92 Å². The summed E-state index contributed by atoms with van der Waals surface area (Å²) in [5, 5.41) is 14.6. The Balaban J connectivity index is 2.76. The van der Waals surface area contributed by atoms with Crippen molar-refractivity contribution in [3.63, 3.8) is 0 Å². The lowest BCUT2D eigenvalue weighted by Gasteiger charge is -2.28. The largest absolute Gasteiger partial charge is 0.480 e. The molecule has 1 aliphatic rings. The normalized spacial score (nSPS) is 19.5. The smallest absolute Gasteiger partial charge is 0.326 e. The van der Waals surface area contributed by atoms with Crippen LogP contribution in [0, 0.1) is 5.92 Å². The molecule has 9 nitrogen and oxygen atoms in total. The Morgan fingerprint density at radius 1 is 1.17 bits per heavy atom. The number of likely N-dealkylation sites (tertiary alicyclic amines) is 1. The van der Waals surface area contributed by atoms with Crippen molar-refractivity contribution in [1.29, 1.82) is 0 Å². The third-order valence-electron chi connectivity index (χ3n) is 4.86. The molecule has 0 radical (unpaired) electrons. The molecule has 3 amide bonds. The molecule has 0 aromatic carbocycles. The molecule has 1 aliphatic heterocycles. The quantitative estimate of drug-likeness (QED) is 0.366. The van der Waals surface area contributed by atoms with Gasteiger partial charge in [-0.25, -0.2) is 4.79 Å². The highest BCUT2D eigenvalue weighted by Crippen LogP contribution is 2.19. The average molecular weight is 431 g/mol. The van der Waals surface area contributed by atoms with Gasteiger partial charge < -0.3 is 26.4 Å². The molecule has 0 aromatic heterocycles. The number of carbonyl (C=O) groups is 4. The minimum absolute atomic E-state index is 0.246. The number of hydrogen-bond acceptors (Lipinski definition) is 6. The second-order valence-electron chi connectivity index (χ2n) is 7.84. The van der Waals surface area contributed by atoms with Gasteiger partial charge in [0.25, 0.3) is 0 Å². The van der Waals surface area contributed by atoms with Crippen molar-refractivity contribution in [3.8, 4) is 0 Å². The van der Waals surface area contributed by atoms with E-state index in [1.807, 2.05) is 20.1 Å². The summed E-state index contributed by atoms with van der Waals surface area (Å²) in [7, 11) is 0. The highest BCUT2D eigenvalue weighted by atomic mass is 32.2. The van der Waals surface area contributed by atoms with Gasteiger partial charge in [-0.1, -0.05) is 13.8 Å². The fourth-order valence-electron chi connectivity index (χ4n) is 3.28. The molecule has 4 unspecified atom stereocenters. The SMILES string of the molecule is CSCCC(NC(=O)C(C)NC(=O)C(N)CC(C)C)C(=O)N1CCCC1C(=O)O. The number of thioether (sulfide) groups is 1. The molecule has 1 saturated heterocycles. The van der Waals surface area contributed by atoms with E-state index in [0.29, 0.717) is 38.0 Å². The van der Waals surface area contributed by atoms with E-state index in [1.165, 1.54) is 23.6 Å². The first-order valence-electron chi connectivity index (χ1n) is 9.97. The molecule has 29 heavy (non-hydrogen) atoms. The lowest BCUT2D eigenvalue weighted by molar-refractivity contribution is -0.149. The topological polar surface area (TPSA) is 142 Å². The third kappa shape index (κ3) is 7.85. The summed E-state index contributed by atoms with van der Waals surface area (Å²) in [6.07, 6.45) is 3.79. The number of hydrogen-bond donors (Lipinski definition) is 4. The van der Waals surface area contributed by atoms with Crippen LogP contribution in [0.5, 0.6) is 0 Å². The highest BCUT2D eigenvalue weighted by Gasteiger charge is 2.37. The first-order valence-corrected chi connectivity index (χ1v) is 11.4. The van der Waals surface area contributed by atoms with Crippen molar-refractivity contribution in [2.75, 3.05) is 18.6 Å². The van der Waals surface area contributed by atoms with E-state index in [9.17, 15) is 24.3 Å². The van der Waals surface area contributed by atoms with Crippen LogP contribution in [0.4, 0.5) is 0 Å². The zero-order valence-corrected chi connectivity index (χ0v) is 18.5. The van der Waals surface area contributed by atoms with Crippen molar-refractivity contribution >= 4 is 35.5 Å². The van der Waals surface area contributed by atoms with Crippen LogP contribution in [0.1, 0.15) is 46.5 Å². The molecule has 1 heterocycles. The van der Waals surface area contributed by atoms with Crippen LogP contribution in [0.3, 0.4) is 0 Å². The predicted molar refractivity (Wildman–Crippen MR) is 112 cm³/mol. The van der Waals surface area contributed by atoms with E-state index < -0.39 is 47.9 Å². The molecule has 1 fully saturated rings. The first kappa shape index (κ1) is 25.2. The molecule has 10 heteroatoms. The molecule has 0 bridgehead atoms. The van der Waals surface area contributed by atoms with Gasteiger partial charge >= 0.3 is 5.97 Å². The van der Waals surface area contributed by atoms with Gasteiger partial charge in [-0.15, -0.1) is 0 Å².